The molecule has 1 amide bonds. The van der Waals surface area contributed by atoms with Crippen LogP contribution >= 0.6 is 0 Å². The molecule has 0 saturated carbocycles. The molecule has 10 nitrogen and oxygen atoms in total. The Bertz CT molecular complexity index is 1240. The summed E-state index contributed by atoms with van der Waals surface area (Å²) in [7, 11) is 2.93. The Morgan fingerprint density at radius 2 is 1.94 bits per heavy atom. The van der Waals surface area contributed by atoms with Gasteiger partial charge in [0.05, 0.1) is 18.0 Å². The average Bonchev–Trinajstić information content (AvgIpc) is 3.20. The molecule has 31 heavy (non-hydrogen) atoms. The van der Waals surface area contributed by atoms with Crippen molar-refractivity contribution < 1.29 is 14.6 Å². The van der Waals surface area contributed by atoms with E-state index in [4.69, 9.17) is 4.74 Å². The number of hydrogen-bond acceptors (Lipinski definition) is 6. The molecule has 4 rings (SSSR count). The van der Waals surface area contributed by atoms with E-state index in [-0.39, 0.29) is 24.3 Å². The van der Waals surface area contributed by atoms with Crippen molar-refractivity contribution in [2.24, 2.45) is 14.1 Å². The van der Waals surface area contributed by atoms with Crippen LogP contribution in [0.1, 0.15) is 24.9 Å². The van der Waals surface area contributed by atoms with E-state index in [2.05, 4.69) is 4.98 Å². The van der Waals surface area contributed by atoms with Gasteiger partial charge in [-0.3, -0.25) is 13.9 Å². The third-order valence-corrected chi connectivity index (χ3v) is 5.97. The van der Waals surface area contributed by atoms with E-state index in [0.29, 0.717) is 13.0 Å². The highest BCUT2D eigenvalue weighted by molar-refractivity contribution is 5.71. The van der Waals surface area contributed by atoms with Crippen molar-refractivity contribution in [2.75, 3.05) is 13.1 Å². The summed E-state index contributed by atoms with van der Waals surface area (Å²) in [4.78, 5) is 43.4. The van der Waals surface area contributed by atoms with E-state index in [0.717, 1.165) is 10.1 Å². The number of amides is 1. The van der Waals surface area contributed by atoms with Gasteiger partial charge in [0, 0.05) is 27.2 Å². The number of piperidine rings is 1. The number of hydrogen-bond donors (Lipinski definition) is 1. The van der Waals surface area contributed by atoms with Crippen LogP contribution in [-0.2, 0) is 25.4 Å². The predicted octanol–water partition coefficient (Wildman–Crippen LogP) is 0.768. The van der Waals surface area contributed by atoms with Crippen molar-refractivity contribution in [3.8, 4) is 0 Å². The van der Waals surface area contributed by atoms with Crippen molar-refractivity contribution in [1.29, 1.82) is 0 Å². The molecule has 1 aromatic carbocycles. The fraction of sp³-hybridized carbons (Fsp3) is 0.429. The first-order valence-corrected chi connectivity index (χ1v) is 10.0. The predicted molar refractivity (Wildman–Crippen MR) is 113 cm³/mol. The van der Waals surface area contributed by atoms with Crippen molar-refractivity contribution >= 4 is 17.3 Å². The minimum absolute atomic E-state index is 0.137. The topological polar surface area (TPSA) is 112 Å². The lowest BCUT2D eigenvalue weighted by Gasteiger charge is -2.42. The summed E-state index contributed by atoms with van der Waals surface area (Å²) < 4.78 is 9.29. The van der Waals surface area contributed by atoms with Crippen LogP contribution in [0.5, 0.6) is 0 Å². The Hall–Kier alpha value is -3.40. The summed E-state index contributed by atoms with van der Waals surface area (Å²) in [6, 6.07) is 8.73. The number of imidazole rings is 1. The molecule has 10 heteroatoms. The highest BCUT2D eigenvalue weighted by Gasteiger charge is 2.41. The highest BCUT2D eigenvalue weighted by atomic mass is 16.6. The quantitative estimate of drug-likeness (QED) is 0.661. The Labute approximate surface area is 177 Å². The molecule has 2 aromatic heterocycles. The lowest BCUT2D eigenvalue weighted by Crippen LogP contribution is -2.53. The monoisotopic (exact) mass is 427 g/mol. The molecule has 1 saturated heterocycles. The number of nitrogens with zero attached hydrogens (tertiary/aromatic N) is 5. The van der Waals surface area contributed by atoms with Crippen LogP contribution in [0.3, 0.4) is 0 Å². The summed E-state index contributed by atoms with van der Waals surface area (Å²) >= 11 is 0. The van der Waals surface area contributed by atoms with Gasteiger partial charge in [0.2, 0.25) is 0 Å². The van der Waals surface area contributed by atoms with Gasteiger partial charge in [-0.2, -0.15) is 0 Å². The summed E-state index contributed by atoms with van der Waals surface area (Å²) in [5.74, 6) is 0. The molecule has 0 bridgehead atoms. The van der Waals surface area contributed by atoms with E-state index in [1.165, 1.54) is 29.9 Å². The molecule has 1 fully saturated rings. The van der Waals surface area contributed by atoms with Gasteiger partial charge in [-0.1, -0.05) is 30.3 Å². The number of rotatable bonds is 3. The maximum Gasteiger partial charge on any atom is 0.410 e. The molecule has 3 aromatic rings. The molecule has 0 unspecified atom stereocenters. The number of carbonyl (C=O) groups excluding carboxylic acids is 1. The van der Waals surface area contributed by atoms with E-state index in [1.54, 1.807) is 11.5 Å². The summed E-state index contributed by atoms with van der Waals surface area (Å²) in [6.45, 7) is 2.27. The number of benzene rings is 1. The van der Waals surface area contributed by atoms with Crippen molar-refractivity contribution in [3.63, 3.8) is 0 Å². The van der Waals surface area contributed by atoms with Gasteiger partial charge in [0.15, 0.2) is 11.2 Å². The van der Waals surface area contributed by atoms with Crippen LogP contribution in [0.25, 0.3) is 11.2 Å². The van der Waals surface area contributed by atoms with E-state index < -0.39 is 29.0 Å². The second-order valence-electron chi connectivity index (χ2n) is 8.14. The number of aryl methyl sites for hydroxylation is 1. The zero-order valence-electron chi connectivity index (χ0n) is 17.7. The largest absolute Gasteiger partial charge is 0.445 e. The molecule has 2 atom stereocenters. The lowest BCUT2D eigenvalue weighted by molar-refractivity contribution is -0.0475. The minimum atomic E-state index is -1.19. The zero-order chi connectivity index (χ0) is 22.3. The first-order valence-electron chi connectivity index (χ1n) is 10.0. The number of aliphatic hydroxyl groups is 1. The maximum absolute atomic E-state index is 12.8. The van der Waals surface area contributed by atoms with Gasteiger partial charge < -0.3 is 19.3 Å². The van der Waals surface area contributed by atoms with Crippen molar-refractivity contribution in [2.45, 2.75) is 31.6 Å². The van der Waals surface area contributed by atoms with Gasteiger partial charge in [-0.15, -0.1) is 0 Å². The van der Waals surface area contributed by atoms with Gasteiger partial charge in [-0.05, 0) is 18.9 Å². The van der Waals surface area contributed by atoms with Crippen LogP contribution in [0, 0.1) is 0 Å². The third-order valence-electron chi connectivity index (χ3n) is 5.97. The average molecular weight is 427 g/mol. The van der Waals surface area contributed by atoms with Crippen LogP contribution in [-0.4, -0.2) is 53.5 Å². The molecule has 1 aliphatic heterocycles. The number of aromatic nitrogens is 4. The molecule has 1 N–H and O–H groups in total. The molecule has 0 radical (unpaired) electrons. The standard InChI is InChI=1S/C21H25N5O5/c1-21(30)9-10-25(20(29)31-12-14-7-5-4-6-8-14)11-15(21)26-13-22-17-16(26)18(27)24(3)19(28)23(17)2/h4-8,13,15,30H,9-12H2,1-3H3/t15-,21-/m0/s1. The first-order chi connectivity index (χ1) is 14.7. The number of carbonyl (C=O) groups is 1. The molecular formula is C21H25N5O5. The Morgan fingerprint density at radius 3 is 2.65 bits per heavy atom. The van der Waals surface area contributed by atoms with Crippen molar-refractivity contribution in [3.05, 3.63) is 63.1 Å². The van der Waals surface area contributed by atoms with Crippen LogP contribution in [0.4, 0.5) is 4.79 Å². The molecule has 164 valence electrons. The van der Waals surface area contributed by atoms with E-state index in [9.17, 15) is 19.5 Å². The van der Waals surface area contributed by atoms with Crippen LogP contribution in [0.2, 0.25) is 0 Å². The summed E-state index contributed by atoms with van der Waals surface area (Å²) in [5.41, 5.74) is -0.869. The second-order valence-corrected chi connectivity index (χ2v) is 8.14. The number of ether oxygens (including phenoxy) is 1. The zero-order valence-corrected chi connectivity index (χ0v) is 17.7. The van der Waals surface area contributed by atoms with Gasteiger partial charge in [0.1, 0.15) is 6.61 Å². The number of fused-ring (bicyclic) bond motifs is 1. The van der Waals surface area contributed by atoms with Crippen LogP contribution in [0.15, 0.2) is 46.2 Å². The highest BCUT2D eigenvalue weighted by Crippen LogP contribution is 2.33. The molecule has 0 aliphatic carbocycles. The third kappa shape index (κ3) is 3.63. The molecular weight excluding hydrogens is 402 g/mol. The normalized spacial score (nSPS) is 21.4. The fourth-order valence-corrected chi connectivity index (χ4v) is 3.99. The van der Waals surface area contributed by atoms with Crippen LogP contribution < -0.4 is 11.2 Å². The molecule has 0 spiro atoms. The van der Waals surface area contributed by atoms with Crippen molar-refractivity contribution in [1.82, 2.24) is 23.6 Å². The first kappa shape index (κ1) is 20.9. The minimum Gasteiger partial charge on any atom is -0.445 e. The van der Waals surface area contributed by atoms with E-state index >= 15 is 0 Å². The number of likely N-dealkylation sites (tertiary alicyclic amines) is 1. The van der Waals surface area contributed by atoms with E-state index in [1.807, 2.05) is 30.3 Å². The Balaban J connectivity index is 1.64. The Kier molecular flexibility index (Phi) is 5.18. The van der Waals surface area contributed by atoms with Gasteiger partial charge in [-0.25, -0.2) is 14.6 Å². The smallest absolute Gasteiger partial charge is 0.410 e. The second kappa shape index (κ2) is 7.69. The summed E-state index contributed by atoms with van der Waals surface area (Å²) in [6.07, 6.45) is 1.24. The fourth-order valence-electron chi connectivity index (χ4n) is 3.99. The van der Waals surface area contributed by atoms with Gasteiger partial charge >= 0.3 is 11.8 Å². The lowest BCUT2D eigenvalue weighted by atomic mass is 9.88. The van der Waals surface area contributed by atoms with Gasteiger partial charge in [0.25, 0.3) is 5.56 Å². The maximum atomic E-state index is 12.8. The molecule has 1 aliphatic rings. The SMILES string of the molecule is Cn1c(=O)c2c(ncn2[C@H]2CN(C(=O)OCc3ccccc3)CC[C@]2(C)O)n(C)c1=O. The summed E-state index contributed by atoms with van der Waals surface area (Å²) in [5, 5.41) is 11.1. The molecule has 3 heterocycles. The Morgan fingerprint density at radius 1 is 1.23 bits per heavy atom.